The summed E-state index contributed by atoms with van der Waals surface area (Å²) in [4.78, 5) is 35.2. The number of halogens is 1. The number of benzene rings is 1. The molecular formula is C23H19FN4O3S. The maximum absolute atomic E-state index is 13.2. The summed E-state index contributed by atoms with van der Waals surface area (Å²) in [6.07, 6.45) is 2.77. The van der Waals surface area contributed by atoms with Gasteiger partial charge in [0, 0.05) is 41.6 Å². The van der Waals surface area contributed by atoms with Crippen molar-refractivity contribution < 1.29 is 18.7 Å². The number of carbonyl (C=O) groups is 2. The van der Waals surface area contributed by atoms with Crippen LogP contribution in [0.4, 0.5) is 20.7 Å². The Hall–Kier alpha value is -3.85. The first-order valence-electron chi connectivity index (χ1n) is 9.61. The number of aryl methyl sites for hydroxylation is 1. The van der Waals surface area contributed by atoms with E-state index in [0.717, 1.165) is 26.9 Å². The molecule has 2 amide bonds. The molecule has 0 bridgehead atoms. The number of nitrogens with zero attached hydrogens (tertiary/aromatic N) is 3. The highest BCUT2D eigenvalue weighted by Gasteiger charge is 2.19. The molecule has 0 unspecified atom stereocenters. The third-order valence-corrected chi connectivity index (χ3v) is 6.19. The van der Waals surface area contributed by atoms with Crippen molar-refractivity contribution in [2.24, 2.45) is 0 Å². The molecule has 4 aromatic rings. The predicted octanol–water partition coefficient (Wildman–Crippen LogP) is 5.26. The summed E-state index contributed by atoms with van der Waals surface area (Å²) in [6.45, 7) is 1.89. The molecule has 4 rings (SSSR count). The van der Waals surface area contributed by atoms with Crippen LogP contribution in [0.1, 0.15) is 15.4 Å². The van der Waals surface area contributed by atoms with Crippen molar-refractivity contribution in [2.45, 2.75) is 6.92 Å². The number of ether oxygens (including phenoxy) is 1. The average molecular weight is 450 g/mol. The summed E-state index contributed by atoms with van der Waals surface area (Å²) in [7, 11) is 2.93. The number of hydrogen-bond acceptors (Lipinski definition) is 6. The number of methoxy groups -OCH3 is 1. The van der Waals surface area contributed by atoms with E-state index in [1.165, 1.54) is 35.5 Å². The largest absolute Gasteiger partial charge is 0.453 e. The second-order valence-corrected chi connectivity index (χ2v) is 8.05. The molecule has 0 fully saturated rings. The summed E-state index contributed by atoms with van der Waals surface area (Å²) >= 11 is 1.36. The van der Waals surface area contributed by atoms with Crippen molar-refractivity contribution in [3.8, 4) is 11.1 Å². The van der Waals surface area contributed by atoms with Crippen LogP contribution in [0.3, 0.4) is 0 Å². The molecule has 7 nitrogen and oxygen atoms in total. The molecule has 0 aliphatic rings. The Morgan fingerprint density at radius 1 is 1.09 bits per heavy atom. The molecule has 0 saturated carbocycles. The Labute approximate surface area is 187 Å². The fourth-order valence-corrected chi connectivity index (χ4v) is 4.31. The SMILES string of the molecule is COC(=O)Nc1ccc(-c2cnc(C)c3sc(C(=O)N(C)c4ccc(F)cc4)cc23)cn1. The monoisotopic (exact) mass is 450 g/mol. The standard InChI is InChI=1S/C23H19FN4O3S/c1-13-21-17(10-19(32-21)22(29)28(2)16-7-5-15(24)6-8-16)18(12-25-13)14-4-9-20(26-11-14)27-23(30)31-3/h4-12H,1-3H3,(H,26,27,30). The van der Waals surface area contributed by atoms with E-state index in [1.807, 2.05) is 19.1 Å². The highest BCUT2D eigenvalue weighted by atomic mass is 32.1. The maximum Gasteiger partial charge on any atom is 0.412 e. The molecule has 0 aliphatic carbocycles. The van der Waals surface area contributed by atoms with Crippen LogP contribution in [0.2, 0.25) is 0 Å². The molecule has 0 saturated heterocycles. The fraction of sp³-hybridized carbons (Fsp3) is 0.130. The van der Waals surface area contributed by atoms with Crippen LogP contribution < -0.4 is 10.2 Å². The van der Waals surface area contributed by atoms with Crippen molar-refractivity contribution in [3.63, 3.8) is 0 Å². The zero-order chi connectivity index (χ0) is 22.8. The third kappa shape index (κ3) is 4.15. The summed E-state index contributed by atoms with van der Waals surface area (Å²) in [5, 5.41) is 3.39. The molecule has 3 aromatic heterocycles. The van der Waals surface area contributed by atoms with Gasteiger partial charge in [-0.2, -0.15) is 0 Å². The first-order valence-corrected chi connectivity index (χ1v) is 10.4. The normalized spacial score (nSPS) is 10.8. The van der Waals surface area contributed by atoms with Gasteiger partial charge in [0.2, 0.25) is 0 Å². The maximum atomic E-state index is 13.2. The van der Waals surface area contributed by atoms with Gasteiger partial charge >= 0.3 is 6.09 Å². The van der Waals surface area contributed by atoms with E-state index in [9.17, 15) is 14.0 Å². The Morgan fingerprint density at radius 2 is 1.84 bits per heavy atom. The topological polar surface area (TPSA) is 84.4 Å². The zero-order valence-electron chi connectivity index (χ0n) is 17.5. The van der Waals surface area contributed by atoms with Gasteiger partial charge < -0.3 is 9.64 Å². The van der Waals surface area contributed by atoms with Crippen molar-refractivity contribution in [2.75, 3.05) is 24.4 Å². The Morgan fingerprint density at radius 3 is 2.50 bits per heavy atom. The number of nitrogens with one attached hydrogen (secondary N) is 1. The minimum Gasteiger partial charge on any atom is -0.453 e. The van der Waals surface area contributed by atoms with Gasteiger partial charge in [0.15, 0.2) is 0 Å². The lowest BCUT2D eigenvalue weighted by molar-refractivity contribution is 0.0997. The van der Waals surface area contributed by atoms with Gasteiger partial charge in [-0.1, -0.05) is 0 Å². The third-order valence-electron chi connectivity index (χ3n) is 4.96. The molecule has 32 heavy (non-hydrogen) atoms. The number of pyridine rings is 2. The summed E-state index contributed by atoms with van der Waals surface area (Å²) in [5.74, 6) is -0.192. The lowest BCUT2D eigenvalue weighted by atomic mass is 10.1. The molecular weight excluding hydrogens is 431 g/mol. The first kappa shape index (κ1) is 21.4. The van der Waals surface area contributed by atoms with E-state index in [-0.39, 0.29) is 11.7 Å². The van der Waals surface area contributed by atoms with Crippen molar-refractivity contribution >= 4 is 44.9 Å². The quantitative estimate of drug-likeness (QED) is 0.458. The van der Waals surface area contributed by atoms with Gasteiger partial charge in [-0.15, -0.1) is 11.3 Å². The van der Waals surface area contributed by atoms with Crippen LogP contribution in [0, 0.1) is 12.7 Å². The molecule has 3 heterocycles. The van der Waals surface area contributed by atoms with Crippen LogP contribution in [0.15, 0.2) is 54.9 Å². The number of hydrogen-bond donors (Lipinski definition) is 1. The second-order valence-electron chi connectivity index (χ2n) is 7.00. The van der Waals surface area contributed by atoms with E-state index in [1.54, 1.807) is 37.6 Å². The molecule has 9 heteroatoms. The fourth-order valence-electron chi connectivity index (χ4n) is 3.21. The van der Waals surface area contributed by atoms with E-state index < -0.39 is 6.09 Å². The van der Waals surface area contributed by atoms with Gasteiger partial charge in [-0.05, 0) is 49.4 Å². The van der Waals surface area contributed by atoms with Crippen LogP contribution in [-0.2, 0) is 4.74 Å². The highest BCUT2D eigenvalue weighted by Crippen LogP contribution is 2.36. The Kier molecular flexibility index (Phi) is 5.83. The smallest absolute Gasteiger partial charge is 0.412 e. The van der Waals surface area contributed by atoms with Gasteiger partial charge in [0.25, 0.3) is 5.91 Å². The summed E-state index contributed by atoms with van der Waals surface area (Å²) in [6, 6.07) is 11.1. The van der Waals surface area contributed by atoms with Crippen molar-refractivity contribution in [3.05, 3.63) is 71.2 Å². The number of carbonyl (C=O) groups excluding carboxylic acids is 2. The molecule has 0 atom stereocenters. The van der Waals surface area contributed by atoms with Gasteiger partial charge in [0.05, 0.1) is 22.4 Å². The van der Waals surface area contributed by atoms with Crippen LogP contribution in [0.5, 0.6) is 0 Å². The van der Waals surface area contributed by atoms with Gasteiger partial charge in [-0.25, -0.2) is 14.2 Å². The van der Waals surface area contributed by atoms with E-state index >= 15 is 0 Å². The van der Waals surface area contributed by atoms with E-state index in [4.69, 9.17) is 0 Å². The number of rotatable bonds is 4. The molecule has 0 aliphatic heterocycles. The predicted molar refractivity (Wildman–Crippen MR) is 123 cm³/mol. The van der Waals surface area contributed by atoms with Crippen LogP contribution >= 0.6 is 11.3 Å². The Balaban J connectivity index is 1.69. The number of anilines is 2. The molecule has 0 spiro atoms. The van der Waals surface area contributed by atoms with Crippen LogP contribution in [-0.4, -0.2) is 36.1 Å². The van der Waals surface area contributed by atoms with E-state index in [2.05, 4.69) is 20.0 Å². The average Bonchev–Trinajstić information content (AvgIpc) is 3.26. The number of amides is 2. The summed E-state index contributed by atoms with van der Waals surface area (Å²) < 4.78 is 18.7. The minimum absolute atomic E-state index is 0.195. The van der Waals surface area contributed by atoms with Gasteiger partial charge in [-0.3, -0.25) is 15.1 Å². The zero-order valence-corrected chi connectivity index (χ0v) is 18.4. The van der Waals surface area contributed by atoms with Crippen molar-refractivity contribution in [1.29, 1.82) is 0 Å². The number of thiophene rings is 1. The van der Waals surface area contributed by atoms with Gasteiger partial charge in [0.1, 0.15) is 11.6 Å². The minimum atomic E-state index is -0.601. The molecule has 1 N–H and O–H groups in total. The molecule has 162 valence electrons. The Bertz CT molecular complexity index is 1300. The second kappa shape index (κ2) is 8.72. The van der Waals surface area contributed by atoms with E-state index in [0.29, 0.717) is 16.4 Å². The highest BCUT2D eigenvalue weighted by molar-refractivity contribution is 7.21. The lowest BCUT2D eigenvalue weighted by Crippen LogP contribution is -2.25. The molecule has 1 aromatic carbocycles. The molecule has 0 radical (unpaired) electrons. The lowest BCUT2D eigenvalue weighted by Gasteiger charge is -2.16. The summed E-state index contributed by atoms with van der Waals surface area (Å²) in [5.41, 5.74) is 3.03. The van der Waals surface area contributed by atoms with Crippen molar-refractivity contribution in [1.82, 2.24) is 9.97 Å². The van der Waals surface area contributed by atoms with Crippen LogP contribution in [0.25, 0.3) is 21.2 Å². The number of fused-ring (bicyclic) bond motifs is 1. The first-order chi connectivity index (χ1) is 15.4. The number of aromatic nitrogens is 2.